The molecular formula is C61H39N5O. The molecule has 0 fully saturated rings. The lowest BCUT2D eigenvalue weighted by Gasteiger charge is -2.33. The van der Waals surface area contributed by atoms with Crippen molar-refractivity contribution in [2.24, 2.45) is 0 Å². The molecule has 0 amide bonds. The SMILES string of the molecule is c1ccc(-c2ccc(-c3nc(-c4ccccc4)nc(-c4cccc(-n5c6cccc(-c7ccc8c(c7)N(c7ccccc7)c7ccccc7O8)c6c6c7ccccc7ccc65)c4)n3)cc2)cc1. The van der Waals surface area contributed by atoms with Gasteiger partial charge in [-0.05, 0) is 93.7 Å². The fourth-order valence-electron chi connectivity index (χ4n) is 9.70. The van der Waals surface area contributed by atoms with Gasteiger partial charge in [-0.15, -0.1) is 0 Å². The average Bonchev–Trinajstić information content (AvgIpc) is 3.76. The second kappa shape index (κ2) is 15.8. The van der Waals surface area contributed by atoms with E-state index < -0.39 is 0 Å². The number of aromatic nitrogens is 4. The summed E-state index contributed by atoms with van der Waals surface area (Å²) in [6.45, 7) is 0. The number of para-hydroxylation sites is 3. The Morgan fingerprint density at radius 3 is 1.67 bits per heavy atom. The molecule has 0 atom stereocenters. The summed E-state index contributed by atoms with van der Waals surface area (Å²) in [6, 6.07) is 82.8. The monoisotopic (exact) mass is 857 g/mol. The lowest BCUT2D eigenvalue weighted by molar-refractivity contribution is 0.477. The number of fused-ring (bicyclic) bond motifs is 7. The topological polar surface area (TPSA) is 56.1 Å². The molecule has 0 N–H and O–H groups in total. The molecule has 13 rings (SSSR count). The highest BCUT2D eigenvalue weighted by molar-refractivity contribution is 6.25. The zero-order valence-electron chi connectivity index (χ0n) is 36.2. The molecule has 314 valence electrons. The molecular weight excluding hydrogens is 819 g/mol. The first-order valence-electron chi connectivity index (χ1n) is 22.5. The van der Waals surface area contributed by atoms with Crippen LogP contribution in [0.4, 0.5) is 17.1 Å². The minimum Gasteiger partial charge on any atom is -0.453 e. The van der Waals surface area contributed by atoms with Gasteiger partial charge in [-0.3, -0.25) is 0 Å². The van der Waals surface area contributed by atoms with Gasteiger partial charge in [0.2, 0.25) is 0 Å². The summed E-state index contributed by atoms with van der Waals surface area (Å²) >= 11 is 0. The maximum atomic E-state index is 6.57. The fourth-order valence-corrected chi connectivity index (χ4v) is 9.70. The average molecular weight is 858 g/mol. The van der Waals surface area contributed by atoms with Crippen LogP contribution in [0.2, 0.25) is 0 Å². The fraction of sp³-hybridized carbons (Fsp3) is 0. The molecule has 3 heterocycles. The van der Waals surface area contributed by atoms with Crippen LogP contribution in [0, 0.1) is 0 Å². The van der Waals surface area contributed by atoms with E-state index in [0.717, 1.165) is 84.2 Å². The highest BCUT2D eigenvalue weighted by atomic mass is 16.5. The Bertz CT molecular complexity index is 3830. The van der Waals surface area contributed by atoms with Crippen LogP contribution >= 0.6 is 0 Å². The molecule has 6 heteroatoms. The Hall–Kier alpha value is -9.13. The van der Waals surface area contributed by atoms with Crippen molar-refractivity contribution >= 4 is 49.6 Å². The third kappa shape index (κ3) is 6.62. The molecule has 0 aliphatic carbocycles. The number of nitrogens with zero attached hydrogens (tertiary/aromatic N) is 5. The number of hydrogen-bond acceptors (Lipinski definition) is 5. The van der Waals surface area contributed by atoms with Gasteiger partial charge in [0.15, 0.2) is 29.0 Å². The van der Waals surface area contributed by atoms with Gasteiger partial charge in [0.25, 0.3) is 0 Å². The number of benzene rings is 10. The van der Waals surface area contributed by atoms with E-state index in [0.29, 0.717) is 17.5 Å². The van der Waals surface area contributed by atoms with E-state index in [9.17, 15) is 0 Å². The summed E-state index contributed by atoms with van der Waals surface area (Å²) in [5.74, 6) is 3.48. The summed E-state index contributed by atoms with van der Waals surface area (Å²) in [5.41, 5.74) is 13.5. The van der Waals surface area contributed by atoms with Crippen molar-refractivity contribution in [1.29, 1.82) is 0 Å². The van der Waals surface area contributed by atoms with Crippen molar-refractivity contribution in [3.05, 3.63) is 237 Å². The molecule has 12 aromatic rings. The van der Waals surface area contributed by atoms with Crippen LogP contribution in [0.25, 0.3) is 94.7 Å². The Morgan fingerprint density at radius 1 is 0.328 bits per heavy atom. The van der Waals surface area contributed by atoms with Gasteiger partial charge in [0.1, 0.15) is 0 Å². The molecule has 67 heavy (non-hydrogen) atoms. The normalized spacial score (nSPS) is 12.0. The van der Waals surface area contributed by atoms with Crippen molar-refractivity contribution < 1.29 is 4.74 Å². The van der Waals surface area contributed by atoms with E-state index in [1.54, 1.807) is 0 Å². The predicted molar refractivity (Wildman–Crippen MR) is 274 cm³/mol. The van der Waals surface area contributed by atoms with Gasteiger partial charge in [0.05, 0.1) is 22.4 Å². The lowest BCUT2D eigenvalue weighted by Crippen LogP contribution is -2.15. The second-order valence-corrected chi connectivity index (χ2v) is 16.8. The van der Waals surface area contributed by atoms with Crippen LogP contribution in [0.15, 0.2) is 237 Å². The maximum Gasteiger partial charge on any atom is 0.164 e. The van der Waals surface area contributed by atoms with Crippen LogP contribution in [0.3, 0.4) is 0 Å². The third-order valence-corrected chi connectivity index (χ3v) is 12.8. The first-order valence-corrected chi connectivity index (χ1v) is 22.5. The Morgan fingerprint density at radius 2 is 0.881 bits per heavy atom. The highest BCUT2D eigenvalue weighted by Crippen LogP contribution is 2.52. The molecule has 1 aliphatic rings. The molecule has 0 saturated heterocycles. The smallest absolute Gasteiger partial charge is 0.164 e. The molecule has 0 saturated carbocycles. The second-order valence-electron chi connectivity index (χ2n) is 16.8. The molecule has 0 bridgehead atoms. The van der Waals surface area contributed by atoms with Crippen molar-refractivity contribution in [2.75, 3.05) is 4.90 Å². The van der Waals surface area contributed by atoms with E-state index in [1.165, 1.54) is 21.5 Å². The summed E-state index contributed by atoms with van der Waals surface area (Å²) < 4.78 is 8.96. The summed E-state index contributed by atoms with van der Waals surface area (Å²) in [4.78, 5) is 17.7. The standard InChI is InChI=1S/C61H39N5O/c1-4-16-40(17-5-1)41-30-32-44(33-31-41)60-62-59(43-19-6-2-7-20-43)63-61(64-60)46-21-14-24-48(38-46)66-52-28-15-26-50(58(52)57-49-25-11-10-18-42(49)34-36-53(57)66)45-35-37-56-54(39-45)65(47-22-8-3-9-23-47)51-27-12-13-29-55(51)67-56/h1-39H. The van der Waals surface area contributed by atoms with Crippen LogP contribution in [-0.4, -0.2) is 19.5 Å². The van der Waals surface area contributed by atoms with Crippen LogP contribution in [0.5, 0.6) is 11.5 Å². The number of hydrogen-bond donors (Lipinski definition) is 0. The van der Waals surface area contributed by atoms with Gasteiger partial charge < -0.3 is 14.2 Å². The highest BCUT2D eigenvalue weighted by Gasteiger charge is 2.27. The minimum absolute atomic E-state index is 0.602. The number of ether oxygens (including phenoxy) is 1. The molecule has 0 radical (unpaired) electrons. The summed E-state index contributed by atoms with van der Waals surface area (Å²) in [6.07, 6.45) is 0. The van der Waals surface area contributed by atoms with Crippen molar-refractivity contribution in [3.63, 3.8) is 0 Å². The molecule has 2 aromatic heterocycles. The summed E-state index contributed by atoms with van der Waals surface area (Å²) in [5, 5.41) is 4.75. The van der Waals surface area contributed by atoms with E-state index in [2.05, 4.69) is 198 Å². The van der Waals surface area contributed by atoms with Crippen LogP contribution in [-0.2, 0) is 0 Å². The number of rotatable bonds is 7. The summed E-state index contributed by atoms with van der Waals surface area (Å²) in [7, 11) is 0. The van der Waals surface area contributed by atoms with E-state index >= 15 is 0 Å². The van der Waals surface area contributed by atoms with Crippen molar-refractivity contribution in [2.45, 2.75) is 0 Å². The van der Waals surface area contributed by atoms with Crippen LogP contribution in [0.1, 0.15) is 0 Å². The Labute approximate surface area is 387 Å². The van der Waals surface area contributed by atoms with E-state index in [-0.39, 0.29) is 0 Å². The van der Waals surface area contributed by atoms with Crippen molar-refractivity contribution in [1.82, 2.24) is 19.5 Å². The maximum absolute atomic E-state index is 6.57. The third-order valence-electron chi connectivity index (χ3n) is 12.8. The molecule has 0 spiro atoms. The zero-order valence-corrected chi connectivity index (χ0v) is 36.2. The van der Waals surface area contributed by atoms with Gasteiger partial charge in [0, 0.05) is 38.8 Å². The van der Waals surface area contributed by atoms with Gasteiger partial charge in [-0.2, -0.15) is 0 Å². The molecule has 10 aromatic carbocycles. The predicted octanol–water partition coefficient (Wildman–Crippen LogP) is 16.0. The van der Waals surface area contributed by atoms with Gasteiger partial charge in [-0.25, -0.2) is 15.0 Å². The number of anilines is 3. The first-order chi connectivity index (χ1) is 33.2. The first kappa shape index (κ1) is 38.3. The zero-order chi connectivity index (χ0) is 44.3. The Kier molecular flexibility index (Phi) is 9.06. The molecule has 0 unspecified atom stereocenters. The van der Waals surface area contributed by atoms with Crippen molar-refractivity contribution in [3.8, 4) is 73.6 Å². The van der Waals surface area contributed by atoms with Gasteiger partial charge in [-0.1, -0.05) is 176 Å². The van der Waals surface area contributed by atoms with Crippen LogP contribution < -0.4 is 9.64 Å². The lowest BCUT2D eigenvalue weighted by atomic mass is 9.96. The Balaban J connectivity index is 0.985. The minimum atomic E-state index is 0.602. The quantitative estimate of drug-likeness (QED) is 0.160. The van der Waals surface area contributed by atoms with E-state index in [1.807, 2.05) is 48.5 Å². The largest absolute Gasteiger partial charge is 0.453 e. The van der Waals surface area contributed by atoms with Gasteiger partial charge >= 0.3 is 0 Å². The van der Waals surface area contributed by atoms with E-state index in [4.69, 9.17) is 19.7 Å². The molecule has 1 aliphatic heterocycles. The molecule has 6 nitrogen and oxygen atoms in total.